The normalized spacial score (nSPS) is 11.4. The average molecular weight is 283 g/mol. The first-order valence-corrected chi connectivity index (χ1v) is 6.80. The van der Waals surface area contributed by atoms with Crippen LogP contribution in [0.15, 0.2) is 61.7 Å². The van der Waals surface area contributed by atoms with E-state index in [4.69, 9.17) is 14.6 Å². The number of para-hydroxylation sites is 3. The van der Waals surface area contributed by atoms with Gasteiger partial charge in [-0.05, 0) is 24.3 Å². The highest BCUT2D eigenvalue weighted by Crippen LogP contribution is 2.32. The van der Waals surface area contributed by atoms with E-state index in [0.717, 1.165) is 11.1 Å². The number of hydrogen-bond acceptors (Lipinski definition) is 6. The molecule has 0 saturated carbocycles. The molecule has 0 unspecified atom stereocenters. The summed E-state index contributed by atoms with van der Waals surface area (Å²) in [5, 5.41) is 0.959. The van der Waals surface area contributed by atoms with E-state index in [1.54, 1.807) is 6.07 Å². The fourth-order valence-electron chi connectivity index (χ4n) is 1.96. The van der Waals surface area contributed by atoms with E-state index in [1.807, 2.05) is 36.4 Å². The molecule has 20 heavy (non-hydrogen) atoms. The lowest BCUT2D eigenvalue weighted by molar-refractivity contribution is 0.465. The van der Waals surface area contributed by atoms with E-state index in [1.165, 1.54) is 11.8 Å². The first-order chi connectivity index (χ1) is 9.79. The predicted molar refractivity (Wildman–Crippen MR) is 76.6 cm³/mol. The second kappa shape index (κ2) is 4.28. The highest BCUT2D eigenvalue weighted by atomic mass is 32.2. The van der Waals surface area contributed by atoms with Gasteiger partial charge >= 0.3 is 0 Å². The van der Waals surface area contributed by atoms with Crippen molar-refractivity contribution in [3.8, 4) is 0 Å². The quantitative estimate of drug-likeness (QED) is 0.565. The monoisotopic (exact) mass is 283 g/mol. The molecule has 0 aliphatic carbocycles. The molecule has 0 saturated heterocycles. The molecular formula is C14H9N3O2S. The van der Waals surface area contributed by atoms with Crippen LogP contribution in [-0.4, -0.2) is 9.97 Å². The molecule has 0 fully saturated rings. The second-order valence-electron chi connectivity index (χ2n) is 4.22. The van der Waals surface area contributed by atoms with Crippen molar-refractivity contribution >= 4 is 39.6 Å². The van der Waals surface area contributed by atoms with Crippen LogP contribution in [0.2, 0.25) is 0 Å². The second-order valence-corrected chi connectivity index (χ2v) is 5.13. The predicted octanol–water partition coefficient (Wildman–Crippen LogP) is 3.70. The van der Waals surface area contributed by atoms with Crippen molar-refractivity contribution in [1.29, 1.82) is 0 Å². The highest BCUT2D eigenvalue weighted by molar-refractivity contribution is 7.98. The third kappa shape index (κ3) is 1.81. The van der Waals surface area contributed by atoms with Crippen molar-refractivity contribution in [1.82, 2.24) is 9.97 Å². The average Bonchev–Trinajstić information content (AvgIpc) is 3.02. The van der Waals surface area contributed by atoms with Gasteiger partial charge in [-0.1, -0.05) is 18.2 Å². The standard InChI is InChI=1S/C14H9N3O2S/c15-8-4-3-7-11-12(8)17-14(19-11)20-13-16-9-5-1-2-6-10(9)18-13/h1-7H,15H2. The summed E-state index contributed by atoms with van der Waals surface area (Å²) in [6.07, 6.45) is 0. The number of hydrogen-bond donors (Lipinski definition) is 1. The maximum Gasteiger partial charge on any atom is 0.266 e. The van der Waals surface area contributed by atoms with E-state index in [-0.39, 0.29) is 0 Å². The molecule has 2 aromatic carbocycles. The number of nitrogens with zero attached hydrogens (tertiary/aromatic N) is 2. The number of aromatic nitrogens is 2. The summed E-state index contributed by atoms with van der Waals surface area (Å²) in [5.41, 5.74) is 9.31. The van der Waals surface area contributed by atoms with E-state index < -0.39 is 0 Å². The molecule has 2 N–H and O–H groups in total. The summed E-state index contributed by atoms with van der Waals surface area (Å²) in [6.45, 7) is 0. The van der Waals surface area contributed by atoms with Crippen molar-refractivity contribution in [2.24, 2.45) is 0 Å². The lowest BCUT2D eigenvalue weighted by Gasteiger charge is -1.89. The van der Waals surface area contributed by atoms with Crippen LogP contribution in [-0.2, 0) is 0 Å². The van der Waals surface area contributed by atoms with E-state index in [9.17, 15) is 0 Å². The van der Waals surface area contributed by atoms with Gasteiger partial charge in [0, 0.05) is 11.8 Å². The lowest BCUT2D eigenvalue weighted by atomic mass is 10.3. The van der Waals surface area contributed by atoms with Crippen LogP contribution in [0.5, 0.6) is 0 Å². The van der Waals surface area contributed by atoms with Crippen LogP contribution in [0.3, 0.4) is 0 Å². The largest absolute Gasteiger partial charge is 0.431 e. The Hall–Kier alpha value is -2.47. The van der Waals surface area contributed by atoms with Crippen LogP contribution in [0.25, 0.3) is 22.2 Å². The van der Waals surface area contributed by atoms with Crippen LogP contribution >= 0.6 is 11.8 Å². The van der Waals surface area contributed by atoms with E-state index in [2.05, 4.69) is 9.97 Å². The van der Waals surface area contributed by atoms with Gasteiger partial charge in [0.15, 0.2) is 11.2 Å². The van der Waals surface area contributed by atoms with Crippen molar-refractivity contribution in [2.75, 3.05) is 5.73 Å². The fraction of sp³-hybridized carbons (Fsp3) is 0. The highest BCUT2D eigenvalue weighted by Gasteiger charge is 2.13. The number of anilines is 1. The molecule has 5 nitrogen and oxygen atoms in total. The fourth-order valence-corrected chi connectivity index (χ4v) is 2.66. The van der Waals surface area contributed by atoms with Gasteiger partial charge in [-0.15, -0.1) is 0 Å². The zero-order valence-electron chi connectivity index (χ0n) is 10.2. The smallest absolute Gasteiger partial charge is 0.266 e. The molecule has 0 atom stereocenters. The number of oxazole rings is 2. The van der Waals surface area contributed by atoms with Gasteiger partial charge in [-0.2, -0.15) is 0 Å². The number of fused-ring (bicyclic) bond motifs is 2. The van der Waals surface area contributed by atoms with Crippen LogP contribution in [0.1, 0.15) is 0 Å². The summed E-state index contributed by atoms with van der Waals surface area (Å²) in [6, 6.07) is 13.0. The topological polar surface area (TPSA) is 78.1 Å². The van der Waals surface area contributed by atoms with Gasteiger partial charge in [0.05, 0.1) is 5.69 Å². The van der Waals surface area contributed by atoms with Gasteiger partial charge in [-0.25, -0.2) is 9.97 Å². The summed E-state index contributed by atoms with van der Waals surface area (Å²) in [4.78, 5) is 8.71. The Morgan fingerprint density at radius 3 is 2.45 bits per heavy atom. The minimum absolute atomic E-state index is 0.462. The molecular weight excluding hydrogens is 274 g/mol. The van der Waals surface area contributed by atoms with Crippen LogP contribution in [0, 0.1) is 0 Å². The molecule has 0 aliphatic heterocycles. The SMILES string of the molecule is Nc1cccc2oc(Sc3nc4ccccc4o3)nc12. The third-order valence-corrected chi connectivity index (χ3v) is 3.58. The zero-order valence-corrected chi connectivity index (χ0v) is 11.1. The Bertz CT molecular complexity index is 880. The van der Waals surface area contributed by atoms with Crippen LogP contribution in [0.4, 0.5) is 5.69 Å². The maximum absolute atomic E-state index is 5.85. The zero-order chi connectivity index (χ0) is 13.5. The van der Waals surface area contributed by atoms with E-state index in [0.29, 0.717) is 27.2 Å². The minimum Gasteiger partial charge on any atom is -0.431 e. The molecule has 0 spiro atoms. The summed E-state index contributed by atoms with van der Waals surface area (Å²) in [7, 11) is 0. The van der Waals surface area contributed by atoms with E-state index >= 15 is 0 Å². The molecule has 2 aromatic heterocycles. The molecule has 6 heteroatoms. The van der Waals surface area contributed by atoms with Crippen molar-refractivity contribution in [2.45, 2.75) is 10.4 Å². The molecule has 0 bridgehead atoms. The Morgan fingerprint density at radius 2 is 1.60 bits per heavy atom. The third-order valence-electron chi connectivity index (χ3n) is 2.88. The summed E-state index contributed by atoms with van der Waals surface area (Å²) < 4.78 is 11.2. The molecule has 4 rings (SSSR count). The summed E-state index contributed by atoms with van der Waals surface area (Å²) >= 11 is 1.24. The number of rotatable bonds is 2. The minimum atomic E-state index is 0.462. The van der Waals surface area contributed by atoms with Gasteiger partial charge in [-0.3, -0.25) is 0 Å². The lowest BCUT2D eigenvalue weighted by Crippen LogP contribution is -1.84. The van der Waals surface area contributed by atoms with Gasteiger partial charge in [0.25, 0.3) is 10.4 Å². The maximum atomic E-state index is 5.85. The first-order valence-electron chi connectivity index (χ1n) is 5.98. The van der Waals surface area contributed by atoms with Crippen LogP contribution < -0.4 is 5.73 Å². The first kappa shape index (κ1) is 11.4. The Kier molecular flexibility index (Phi) is 2.43. The van der Waals surface area contributed by atoms with Gasteiger partial charge in [0.1, 0.15) is 11.0 Å². The molecule has 4 aromatic rings. The van der Waals surface area contributed by atoms with Crippen molar-refractivity contribution in [3.63, 3.8) is 0 Å². The van der Waals surface area contributed by atoms with Gasteiger partial charge < -0.3 is 14.6 Å². The molecule has 0 amide bonds. The molecule has 98 valence electrons. The number of nitrogens with two attached hydrogens (primary N) is 1. The number of benzene rings is 2. The van der Waals surface area contributed by atoms with Crippen molar-refractivity contribution in [3.05, 3.63) is 42.5 Å². The van der Waals surface area contributed by atoms with Gasteiger partial charge in [0.2, 0.25) is 0 Å². The summed E-state index contributed by atoms with van der Waals surface area (Å²) in [5.74, 6) is 0. The van der Waals surface area contributed by atoms with Crippen molar-refractivity contribution < 1.29 is 8.83 Å². The Morgan fingerprint density at radius 1 is 0.850 bits per heavy atom. The molecule has 0 aliphatic rings. The Balaban J connectivity index is 1.74. The number of nitrogen functional groups attached to an aromatic ring is 1. The molecule has 2 heterocycles. The Labute approximate surface area is 117 Å². The molecule has 0 radical (unpaired) electrons.